The number of hydrogen-bond acceptors (Lipinski definition) is 3. The van der Waals surface area contributed by atoms with Crippen molar-refractivity contribution >= 4 is 23.1 Å². The largest absolute Gasteiger partial charge is 0.393 e. The van der Waals surface area contributed by atoms with Gasteiger partial charge in [-0.3, -0.25) is 9.69 Å². The molecule has 0 saturated carbocycles. The van der Waals surface area contributed by atoms with Crippen LogP contribution in [-0.2, 0) is 4.79 Å². The van der Waals surface area contributed by atoms with Gasteiger partial charge in [0.2, 0.25) is 5.91 Å². The summed E-state index contributed by atoms with van der Waals surface area (Å²) in [6, 6.07) is 0.154. The van der Waals surface area contributed by atoms with Gasteiger partial charge in [0.25, 0.3) is 0 Å². The van der Waals surface area contributed by atoms with Gasteiger partial charge in [0.05, 0.1) is 11.0 Å². The van der Waals surface area contributed by atoms with Gasteiger partial charge in [0.15, 0.2) is 0 Å². The second kappa shape index (κ2) is 7.57. The fourth-order valence-electron chi connectivity index (χ4n) is 1.61. The number of nitrogens with one attached hydrogen (secondary N) is 1. The van der Waals surface area contributed by atoms with Crippen LogP contribution in [0.25, 0.3) is 0 Å². The van der Waals surface area contributed by atoms with Crippen LogP contribution in [0, 0.1) is 0 Å². The van der Waals surface area contributed by atoms with Crippen LogP contribution in [0.2, 0.25) is 0 Å². The summed E-state index contributed by atoms with van der Waals surface area (Å²) in [7, 11) is 0. The molecule has 1 atom stereocenters. The molecule has 0 radical (unpaired) electrons. The number of amides is 1. The number of thiocarbonyl (C=S) groups is 1. The van der Waals surface area contributed by atoms with Gasteiger partial charge in [-0.25, -0.2) is 0 Å². The lowest BCUT2D eigenvalue weighted by atomic mass is 10.2. The summed E-state index contributed by atoms with van der Waals surface area (Å²) in [6.07, 6.45) is 0.650. The second-order valence-corrected chi connectivity index (χ2v) is 4.64. The van der Waals surface area contributed by atoms with Crippen molar-refractivity contribution < 1.29 is 4.79 Å². The average molecular weight is 245 g/mol. The average Bonchev–Trinajstić information content (AvgIpc) is 2.17. The van der Waals surface area contributed by atoms with Crippen LogP contribution in [0.1, 0.15) is 34.1 Å². The highest BCUT2D eigenvalue weighted by Crippen LogP contribution is 2.06. The number of nitrogens with zero attached hydrogens (tertiary/aromatic N) is 1. The maximum atomic E-state index is 11.7. The van der Waals surface area contributed by atoms with Crippen molar-refractivity contribution in [3.8, 4) is 0 Å². The molecule has 0 bridgehead atoms. The molecule has 0 aromatic rings. The summed E-state index contributed by atoms with van der Waals surface area (Å²) in [5.74, 6) is 0.0548. The number of nitrogens with two attached hydrogens (primary N) is 1. The van der Waals surface area contributed by atoms with Gasteiger partial charge >= 0.3 is 0 Å². The highest BCUT2D eigenvalue weighted by atomic mass is 32.1. The van der Waals surface area contributed by atoms with Gasteiger partial charge in [-0.15, -0.1) is 0 Å². The molecule has 0 saturated heterocycles. The Morgan fingerprint density at radius 2 is 2.00 bits per heavy atom. The Balaban J connectivity index is 4.39. The molecule has 16 heavy (non-hydrogen) atoms. The van der Waals surface area contributed by atoms with E-state index < -0.39 is 0 Å². The van der Waals surface area contributed by atoms with Gasteiger partial charge in [-0.1, -0.05) is 12.2 Å². The monoisotopic (exact) mass is 245 g/mol. The molecule has 94 valence electrons. The molecule has 0 aliphatic carbocycles. The van der Waals surface area contributed by atoms with Crippen molar-refractivity contribution in [2.45, 2.75) is 46.2 Å². The minimum atomic E-state index is -0.144. The lowest BCUT2D eigenvalue weighted by Crippen LogP contribution is -2.48. The topological polar surface area (TPSA) is 58.4 Å². The second-order valence-electron chi connectivity index (χ2n) is 4.12. The first-order valence-electron chi connectivity index (χ1n) is 5.71. The van der Waals surface area contributed by atoms with Gasteiger partial charge in [0, 0.05) is 25.6 Å². The third kappa shape index (κ3) is 5.42. The summed E-state index contributed by atoms with van der Waals surface area (Å²) >= 11 is 4.85. The van der Waals surface area contributed by atoms with Crippen molar-refractivity contribution in [1.82, 2.24) is 10.2 Å². The Morgan fingerprint density at radius 3 is 2.38 bits per heavy atom. The lowest BCUT2D eigenvalue weighted by molar-refractivity contribution is -0.126. The van der Waals surface area contributed by atoms with Crippen molar-refractivity contribution in [2.75, 3.05) is 13.1 Å². The maximum Gasteiger partial charge on any atom is 0.237 e. The van der Waals surface area contributed by atoms with Crippen molar-refractivity contribution in [3.05, 3.63) is 0 Å². The quantitative estimate of drug-likeness (QED) is 0.654. The van der Waals surface area contributed by atoms with Gasteiger partial charge in [-0.05, 0) is 27.7 Å². The standard InChI is InChI=1S/C11H23N3OS/c1-5-13-11(15)9(4)14(8(2)3)7-6-10(12)16/h8-9H,5-7H2,1-4H3,(H2,12,16)(H,13,15). The minimum absolute atomic E-state index is 0.0548. The van der Waals surface area contributed by atoms with E-state index in [2.05, 4.69) is 24.1 Å². The van der Waals surface area contributed by atoms with Crippen LogP contribution < -0.4 is 11.1 Å². The van der Waals surface area contributed by atoms with E-state index in [1.165, 1.54) is 0 Å². The summed E-state index contributed by atoms with van der Waals surface area (Å²) in [6.45, 7) is 9.34. The zero-order valence-corrected chi connectivity index (χ0v) is 11.4. The normalized spacial score (nSPS) is 12.9. The molecule has 0 fully saturated rings. The van der Waals surface area contributed by atoms with E-state index in [4.69, 9.17) is 18.0 Å². The molecule has 4 nitrogen and oxygen atoms in total. The van der Waals surface area contributed by atoms with E-state index in [-0.39, 0.29) is 11.9 Å². The molecule has 0 aliphatic rings. The van der Waals surface area contributed by atoms with Crippen LogP contribution in [0.15, 0.2) is 0 Å². The van der Waals surface area contributed by atoms with E-state index in [1.54, 1.807) is 0 Å². The van der Waals surface area contributed by atoms with Crippen LogP contribution >= 0.6 is 12.2 Å². The summed E-state index contributed by atoms with van der Waals surface area (Å²) in [5.41, 5.74) is 5.48. The van der Waals surface area contributed by atoms with Crippen LogP contribution in [0.5, 0.6) is 0 Å². The molecule has 1 amide bonds. The van der Waals surface area contributed by atoms with Crippen LogP contribution in [0.4, 0.5) is 0 Å². The van der Waals surface area contributed by atoms with Crippen molar-refractivity contribution in [2.24, 2.45) is 5.73 Å². The molecule has 5 heteroatoms. The first-order chi connectivity index (χ1) is 7.40. The lowest BCUT2D eigenvalue weighted by Gasteiger charge is -2.31. The third-order valence-corrected chi connectivity index (χ3v) is 2.71. The van der Waals surface area contributed by atoms with Crippen molar-refractivity contribution in [1.29, 1.82) is 0 Å². The zero-order valence-electron chi connectivity index (χ0n) is 10.6. The summed E-state index contributed by atoms with van der Waals surface area (Å²) in [5, 5.41) is 2.82. The molecule has 0 rings (SSSR count). The number of likely N-dealkylation sites (N-methyl/N-ethyl adjacent to an activating group) is 1. The number of hydrogen-bond donors (Lipinski definition) is 2. The molecule has 0 heterocycles. The number of rotatable bonds is 7. The fourth-order valence-corrected chi connectivity index (χ4v) is 1.70. The van der Waals surface area contributed by atoms with Gasteiger partial charge in [0.1, 0.15) is 0 Å². The van der Waals surface area contributed by atoms with E-state index in [0.717, 1.165) is 6.54 Å². The smallest absolute Gasteiger partial charge is 0.237 e. The molecule has 0 spiro atoms. The Bertz CT molecular complexity index is 243. The van der Waals surface area contributed by atoms with Crippen LogP contribution in [-0.4, -0.2) is 41.0 Å². The van der Waals surface area contributed by atoms with E-state index in [9.17, 15) is 4.79 Å². The molecule has 0 aliphatic heterocycles. The highest BCUT2D eigenvalue weighted by Gasteiger charge is 2.22. The Labute approximate surface area is 104 Å². The Morgan fingerprint density at radius 1 is 1.44 bits per heavy atom. The highest BCUT2D eigenvalue weighted by molar-refractivity contribution is 7.80. The molecular formula is C11H23N3OS. The number of carbonyl (C=O) groups is 1. The fraction of sp³-hybridized carbons (Fsp3) is 0.818. The van der Waals surface area contributed by atoms with Gasteiger partial charge in [-0.2, -0.15) is 0 Å². The maximum absolute atomic E-state index is 11.7. The molecule has 3 N–H and O–H groups in total. The molecular weight excluding hydrogens is 222 g/mol. The Kier molecular flexibility index (Phi) is 7.25. The predicted molar refractivity (Wildman–Crippen MR) is 71.4 cm³/mol. The molecule has 1 unspecified atom stereocenters. The van der Waals surface area contributed by atoms with E-state index >= 15 is 0 Å². The third-order valence-electron chi connectivity index (χ3n) is 2.51. The molecule has 0 aromatic heterocycles. The number of carbonyl (C=O) groups excluding carboxylic acids is 1. The SMILES string of the molecule is CCNC(=O)C(C)N(CCC(N)=S)C(C)C. The molecule has 0 aromatic carbocycles. The first kappa shape index (κ1) is 15.3. The van der Waals surface area contributed by atoms with E-state index in [1.807, 2.05) is 13.8 Å². The van der Waals surface area contributed by atoms with E-state index in [0.29, 0.717) is 24.0 Å². The Hall–Kier alpha value is -0.680. The zero-order chi connectivity index (χ0) is 12.7. The summed E-state index contributed by atoms with van der Waals surface area (Å²) < 4.78 is 0. The summed E-state index contributed by atoms with van der Waals surface area (Å²) in [4.78, 5) is 14.3. The van der Waals surface area contributed by atoms with Crippen molar-refractivity contribution in [3.63, 3.8) is 0 Å². The minimum Gasteiger partial charge on any atom is -0.393 e. The first-order valence-corrected chi connectivity index (χ1v) is 6.12. The van der Waals surface area contributed by atoms with Gasteiger partial charge < -0.3 is 11.1 Å². The van der Waals surface area contributed by atoms with Crippen LogP contribution in [0.3, 0.4) is 0 Å². The predicted octanol–water partition coefficient (Wildman–Crippen LogP) is 0.898.